The maximum absolute atomic E-state index is 14.0. The molecule has 2 fully saturated rings. The van der Waals surface area contributed by atoms with Gasteiger partial charge in [0.2, 0.25) is 23.7 Å². The van der Waals surface area contributed by atoms with E-state index in [9.17, 15) is 26.3 Å². The molecule has 0 saturated heterocycles. The van der Waals surface area contributed by atoms with Gasteiger partial charge in [0.15, 0.2) is 5.82 Å². The molecule has 2 aromatic heterocycles. The van der Waals surface area contributed by atoms with Gasteiger partial charge >= 0.3 is 0 Å². The monoisotopic (exact) mass is 460 g/mol. The van der Waals surface area contributed by atoms with Gasteiger partial charge in [0, 0.05) is 44.7 Å². The Morgan fingerprint density at radius 3 is 2.03 bits per heavy atom. The third kappa shape index (κ3) is 4.73. The predicted octanol–water partition coefficient (Wildman–Crippen LogP) is 4.81. The summed E-state index contributed by atoms with van der Waals surface area (Å²) in [7, 11) is 0. The summed E-state index contributed by atoms with van der Waals surface area (Å²) in [4.78, 5) is 17.5. The van der Waals surface area contributed by atoms with Crippen LogP contribution in [0.3, 0.4) is 0 Å². The molecule has 2 atom stereocenters. The van der Waals surface area contributed by atoms with Gasteiger partial charge < -0.3 is 10.6 Å². The van der Waals surface area contributed by atoms with E-state index in [0.717, 1.165) is 6.07 Å². The summed E-state index contributed by atoms with van der Waals surface area (Å²) in [5.41, 5.74) is 5.27. The summed E-state index contributed by atoms with van der Waals surface area (Å²) in [6, 6.07) is 2.35. The summed E-state index contributed by atoms with van der Waals surface area (Å²) < 4.78 is 83.2. The zero-order valence-corrected chi connectivity index (χ0v) is 17.2. The van der Waals surface area contributed by atoms with Crippen molar-refractivity contribution in [2.45, 2.75) is 75.3 Å². The van der Waals surface area contributed by atoms with E-state index in [4.69, 9.17) is 5.73 Å². The Morgan fingerprint density at radius 1 is 0.938 bits per heavy atom. The van der Waals surface area contributed by atoms with E-state index in [-0.39, 0.29) is 49.1 Å². The zero-order chi connectivity index (χ0) is 23.3. The van der Waals surface area contributed by atoms with E-state index in [2.05, 4.69) is 19.9 Å². The van der Waals surface area contributed by atoms with E-state index < -0.39 is 48.4 Å². The lowest BCUT2D eigenvalue weighted by Crippen LogP contribution is -2.43. The van der Waals surface area contributed by atoms with Crippen molar-refractivity contribution >= 4 is 11.9 Å². The van der Waals surface area contributed by atoms with Gasteiger partial charge in [-0.1, -0.05) is 6.07 Å². The van der Waals surface area contributed by atoms with E-state index in [0.29, 0.717) is 6.92 Å². The molecule has 2 aliphatic rings. The van der Waals surface area contributed by atoms with E-state index in [1.54, 1.807) is 0 Å². The molecule has 4 rings (SSSR count). The van der Waals surface area contributed by atoms with Crippen LogP contribution in [0.1, 0.15) is 51.1 Å². The molecule has 6 nitrogen and oxygen atoms in total. The standard InChI is InChI=1S/C20H22F6N6/c1-18(21,22)14-4-2-3-13(28-14)15-29-16(27)31-17(30-15)32(11-5-7-19(23,24)9-11)12-6-8-20(25,26)10-12/h2-4,11-12H,5-10H2,1H3,(H2,27,29,30,31). The van der Waals surface area contributed by atoms with Crippen LogP contribution < -0.4 is 10.6 Å². The van der Waals surface area contributed by atoms with Crippen LogP contribution in [0.15, 0.2) is 18.2 Å². The number of nitrogens with zero attached hydrogens (tertiary/aromatic N) is 5. The first-order valence-electron chi connectivity index (χ1n) is 10.2. The van der Waals surface area contributed by atoms with Crippen molar-refractivity contribution in [3.8, 4) is 11.5 Å². The molecule has 2 heterocycles. The lowest BCUT2D eigenvalue weighted by atomic mass is 10.1. The van der Waals surface area contributed by atoms with Crippen LogP contribution in [0.5, 0.6) is 0 Å². The highest BCUT2D eigenvalue weighted by Gasteiger charge is 2.49. The van der Waals surface area contributed by atoms with Crippen molar-refractivity contribution in [3.63, 3.8) is 0 Å². The van der Waals surface area contributed by atoms with E-state index in [1.165, 1.54) is 17.0 Å². The van der Waals surface area contributed by atoms with Crippen LogP contribution in [0.4, 0.5) is 38.2 Å². The minimum Gasteiger partial charge on any atom is -0.368 e. The molecular formula is C20H22F6N6. The highest BCUT2D eigenvalue weighted by Crippen LogP contribution is 2.44. The second-order valence-electron chi connectivity index (χ2n) is 8.53. The van der Waals surface area contributed by atoms with Gasteiger partial charge in [-0.05, 0) is 25.0 Å². The lowest BCUT2D eigenvalue weighted by Gasteiger charge is -2.34. The molecule has 0 spiro atoms. The molecule has 12 heteroatoms. The molecule has 2 N–H and O–H groups in total. The quantitative estimate of drug-likeness (QED) is 0.645. The predicted molar refractivity (Wildman–Crippen MR) is 105 cm³/mol. The van der Waals surface area contributed by atoms with Gasteiger partial charge in [-0.25, -0.2) is 22.5 Å². The molecule has 174 valence electrons. The Hall–Kier alpha value is -2.66. The number of rotatable bonds is 5. The number of hydrogen-bond acceptors (Lipinski definition) is 6. The molecule has 0 aliphatic heterocycles. The second-order valence-corrected chi connectivity index (χ2v) is 8.53. The Labute approximate surface area is 180 Å². The van der Waals surface area contributed by atoms with Crippen LogP contribution >= 0.6 is 0 Å². The first-order chi connectivity index (χ1) is 14.8. The molecule has 0 bridgehead atoms. The third-order valence-corrected chi connectivity index (χ3v) is 5.84. The van der Waals surface area contributed by atoms with Crippen molar-refractivity contribution < 1.29 is 26.3 Å². The SMILES string of the molecule is CC(F)(F)c1cccc(-c2nc(N)nc(N(C3CCC(F)(F)C3)C3CCC(F)(F)C3)n2)n1. The van der Waals surface area contributed by atoms with Crippen molar-refractivity contribution in [2.24, 2.45) is 0 Å². The first-order valence-corrected chi connectivity index (χ1v) is 10.2. The number of aromatic nitrogens is 4. The largest absolute Gasteiger partial charge is 0.368 e. The molecule has 2 unspecified atom stereocenters. The maximum Gasteiger partial charge on any atom is 0.286 e. The van der Waals surface area contributed by atoms with Gasteiger partial charge in [0.25, 0.3) is 5.92 Å². The summed E-state index contributed by atoms with van der Waals surface area (Å²) in [5.74, 6) is -9.62. The topological polar surface area (TPSA) is 80.8 Å². The zero-order valence-electron chi connectivity index (χ0n) is 17.2. The number of nitrogen functional groups attached to an aromatic ring is 1. The average molecular weight is 460 g/mol. The van der Waals surface area contributed by atoms with Crippen molar-refractivity contribution in [1.82, 2.24) is 19.9 Å². The minimum absolute atomic E-state index is 0.0205. The molecule has 2 aliphatic carbocycles. The number of alkyl halides is 6. The summed E-state index contributed by atoms with van der Waals surface area (Å²) in [6.07, 6.45) is -1.64. The van der Waals surface area contributed by atoms with Gasteiger partial charge in [-0.2, -0.15) is 23.7 Å². The van der Waals surface area contributed by atoms with Crippen LogP contribution in [0.25, 0.3) is 11.5 Å². The molecular weight excluding hydrogens is 438 g/mol. The molecule has 0 radical (unpaired) electrons. The summed E-state index contributed by atoms with van der Waals surface area (Å²) in [6.45, 7) is 0.689. The maximum atomic E-state index is 14.0. The molecule has 32 heavy (non-hydrogen) atoms. The van der Waals surface area contributed by atoms with Gasteiger partial charge in [-0.15, -0.1) is 0 Å². The molecule has 2 aromatic rings. The van der Waals surface area contributed by atoms with Gasteiger partial charge in [0.1, 0.15) is 11.4 Å². The number of halogens is 6. The van der Waals surface area contributed by atoms with Gasteiger partial charge in [0.05, 0.1) is 0 Å². The van der Waals surface area contributed by atoms with Crippen LogP contribution in [-0.2, 0) is 5.92 Å². The van der Waals surface area contributed by atoms with Crippen LogP contribution in [-0.4, -0.2) is 43.9 Å². The fraction of sp³-hybridized carbons (Fsp3) is 0.600. The highest BCUT2D eigenvalue weighted by molar-refractivity contribution is 5.54. The Morgan fingerprint density at radius 2 is 1.53 bits per heavy atom. The fourth-order valence-electron chi connectivity index (χ4n) is 4.37. The second kappa shape index (κ2) is 7.73. The molecule has 0 aromatic carbocycles. The highest BCUT2D eigenvalue weighted by atomic mass is 19.3. The summed E-state index contributed by atoms with van der Waals surface area (Å²) in [5, 5.41) is 0. The Bertz CT molecular complexity index is 969. The Balaban J connectivity index is 1.75. The average Bonchev–Trinajstić information content (AvgIpc) is 3.22. The fourth-order valence-corrected chi connectivity index (χ4v) is 4.37. The summed E-state index contributed by atoms with van der Waals surface area (Å²) >= 11 is 0. The van der Waals surface area contributed by atoms with E-state index in [1.807, 2.05) is 0 Å². The van der Waals surface area contributed by atoms with Gasteiger partial charge in [-0.3, -0.25) is 0 Å². The van der Waals surface area contributed by atoms with Crippen LogP contribution in [0, 0.1) is 0 Å². The number of anilines is 2. The lowest BCUT2D eigenvalue weighted by molar-refractivity contribution is 0.00530. The molecule has 2 saturated carbocycles. The van der Waals surface area contributed by atoms with Crippen molar-refractivity contribution in [1.29, 1.82) is 0 Å². The van der Waals surface area contributed by atoms with Crippen molar-refractivity contribution in [2.75, 3.05) is 10.6 Å². The normalized spacial score (nSPS) is 24.6. The third-order valence-electron chi connectivity index (χ3n) is 5.84. The number of pyridine rings is 1. The Kier molecular flexibility index (Phi) is 5.44. The smallest absolute Gasteiger partial charge is 0.286 e. The van der Waals surface area contributed by atoms with Crippen molar-refractivity contribution in [3.05, 3.63) is 23.9 Å². The number of nitrogens with two attached hydrogens (primary N) is 1. The minimum atomic E-state index is -3.21. The molecule has 0 amide bonds. The van der Waals surface area contributed by atoms with Crippen LogP contribution in [0.2, 0.25) is 0 Å². The first kappa shape index (κ1) is 22.5. The van der Waals surface area contributed by atoms with E-state index >= 15 is 0 Å². The number of hydrogen-bond donors (Lipinski definition) is 1.